The second-order valence-corrected chi connectivity index (χ2v) is 7.16. The summed E-state index contributed by atoms with van der Waals surface area (Å²) in [6, 6.07) is 7.70. The summed E-state index contributed by atoms with van der Waals surface area (Å²) in [5.74, 6) is -0.102. The molecule has 0 unspecified atom stereocenters. The van der Waals surface area contributed by atoms with E-state index in [0.717, 1.165) is 56.1 Å². The molecule has 2 fully saturated rings. The van der Waals surface area contributed by atoms with Gasteiger partial charge in [0.25, 0.3) is 0 Å². The number of carbonyl (C=O) groups excluding carboxylic acids is 2. The van der Waals surface area contributed by atoms with Crippen molar-refractivity contribution in [2.75, 3.05) is 0 Å². The SMILES string of the molecule is Cc1ccccc1C1=C(OC(=O)C2CC2)C2(CCCCC2)OC1=O. The monoisotopic (exact) mass is 326 g/mol. The molecule has 126 valence electrons. The lowest BCUT2D eigenvalue weighted by molar-refractivity contribution is -0.156. The van der Waals surface area contributed by atoms with E-state index in [2.05, 4.69) is 0 Å². The fourth-order valence-corrected chi connectivity index (χ4v) is 3.78. The largest absolute Gasteiger partial charge is 0.447 e. The van der Waals surface area contributed by atoms with Crippen LogP contribution >= 0.6 is 0 Å². The van der Waals surface area contributed by atoms with Gasteiger partial charge in [-0.1, -0.05) is 30.7 Å². The highest BCUT2D eigenvalue weighted by molar-refractivity contribution is 6.20. The number of benzene rings is 1. The maximum atomic E-state index is 12.7. The minimum absolute atomic E-state index is 0.00744. The molecule has 2 aliphatic carbocycles. The van der Waals surface area contributed by atoms with Gasteiger partial charge < -0.3 is 9.47 Å². The summed E-state index contributed by atoms with van der Waals surface area (Å²) < 4.78 is 11.7. The molecule has 3 aliphatic rings. The zero-order chi connectivity index (χ0) is 16.7. The number of esters is 2. The maximum Gasteiger partial charge on any atom is 0.343 e. The van der Waals surface area contributed by atoms with Crippen molar-refractivity contribution < 1.29 is 19.1 Å². The molecule has 1 aliphatic heterocycles. The molecule has 2 saturated carbocycles. The lowest BCUT2D eigenvalue weighted by atomic mass is 9.82. The van der Waals surface area contributed by atoms with Gasteiger partial charge in [0.05, 0.1) is 5.92 Å². The van der Waals surface area contributed by atoms with Crippen LogP contribution in [0.2, 0.25) is 0 Å². The van der Waals surface area contributed by atoms with E-state index in [4.69, 9.17) is 9.47 Å². The van der Waals surface area contributed by atoms with Crippen LogP contribution in [0.3, 0.4) is 0 Å². The Labute approximate surface area is 141 Å². The van der Waals surface area contributed by atoms with Gasteiger partial charge in [-0.15, -0.1) is 0 Å². The zero-order valence-electron chi connectivity index (χ0n) is 14.0. The van der Waals surface area contributed by atoms with E-state index in [0.29, 0.717) is 11.3 Å². The number of rotatable bonds is 3. The van der Waals surface area contributed by atoms with Crippen LogP contribution in [0.5, 0.6) is 0 Å². The summed E-state index contributed by atoms with van der Waals surface area (Å²) in [5.41, 5.74) is 1.50. The van der Waals surface area contributed by atoms with E-state index in [-0.39, 0.29) is 17.9 Å². The van der Waals surface area contributed by atoms with E-state index in [1.165, 1.54) is 0 Å². The Balaban J connectivity index is 1.82. The zero-order valence-corrected chi connectivity index (χ0v) is 14.0. The summed E-state index contributed by atoms with van der Waals surface area (Å²) in [4.78, 5) is 25.0. The Morgan fingerprint density at radius 2 is 1.88 bits per heavy atom. The highest BCUT2D eigenvalue weighted by Crippen LogP contribution is 2.48. The summed E-state index contributed by atoms with van der Waals surface area (Å²) >= 11 is 0. The molecule has 0 amide bonds. The molecular weight excluding hydrogens is 304 g/mol. The van der Waals surface area contributed by atoms with Crippen molar-refractivity contribution in [3.8, 4) is 0 Å². The number of aryl methyl sites for hydroxylation is 1. The third-order valence-corrected chi connectivity index (χ3v) is 5.32. The van der Waals surface area contributed by atoms with Crippen LogP contribution in [0.15, 0.2) is 30.0 Å². The topological polar surface area (TPSA) is 52.6 Å². The van der Waals surface area contributed by atoms with E-state index < -0.39 is 5.60 Å². The minimum Gasteiger partial charge on any atom is -0.447 e. The molecule has 24 heavy (non-hydrogen) atoms. The number of hydrogen-bond acceptors (Lipinski definition) is 4. The predicted octanol–water partition coefficient (Wildman–Crippen LogP) is 3.92. The first-order valence-corrected chi connectivity index (χ1v) is 8.86. The molecule has 1 aromatic carbocycles. The van der Waals surface area contributed by atoms with Crippen LogP contribution in [-0.2, 0) is 19.1 Å². The highest BCUT2D eigenvalue weighted by atomic mass is 16.6. The quantitative estimate of drug-likeness (QED) is 0.790. The van der Waals surface area contributed by atoms with Crippen molar-refractivity contribution in [1.29, 1.82) is 0 Å². The van der Waals surface area contributed by atoms with E-state index in [1.807, 2.05) is 31.2 Å². The lowest BCUT2D eigenvalue weighted by Gasteiger charge is -2.33. The molecular formula is C20H22O4. The summed E-state index contributed by atoms with van der Waals surface area (Å²) in [6.45, 7) is 1.96. The van der Waals surface area contributed by atoms with Crippen LogP contribution in [0.25, 0.3) is 5.57 Å². The molecule has 4 heteroatoms. The average molecular weight is 326 g/mol. The molecule has 0 N–H and O–H groups in total. The van der Waals surface area contributed by atoms with Crippen molar-refractivity contribution in [1.82, 2.24) is 0 Å². The summed E-state index contributed by atoms with van der Waals surface area (Å²) in [6.07, 6.45) is 6.34. The molecule has 0 radical (unpaired) electrons. The molecule has 1 heterocycles. The first-order valence-electron chi connectivity index (χ1n) is 8.86. The standard InChI is InChI=1S/C20H22O4/c1-13-7-3-4-8-15(13)16-17(23-18(21)14-9-10-14)20(24-19(16)22)11-5-2-6-12-20/h3-4,7-8,14H,2,5-6,9-12H2,1H3. The Kier molecular flexibility index (Phi) is 3.70. The number of ether oxygens (including phenoxy) is 2. The van der Waals surface area contributed by atoms with Gasteiger partial charge in [-0.25, -0.2) is 4.79 Å². The van der Waals surface area contributed by atoms with Crippen molar-refractivity contribution in [2.45, 2.75) is 57.5 Å². The van der Waals surface area contributed by atoms with Crippen molar-refractivity contribution in [3.63, 3.8) is 0 Å². The molecule has 0 aromatic heterocycles. The van der Waals surface area contributed by atoms with Gasteiger partial charge in [0.15, 0.2) is 11.4 Å². The van der Waals surface area contributed by atoms with Crippen LogP contribution in [0.1, 0.15) is 56.1 Å². The first-order chi connectivity index (χ1) is 11.6. The molecule has 4 rings (SSSR count). The van der Waals surface area contributed by atoms with Gasteiger partial charge >= 0.3 is 11.9 Å². The van der Waals surface area contributed by atoms with Crippen LogP contribution in [-0.4, -0.2) is 17.5 Å². The van der Waals surface area contributed by atoms with Crippen LogP contribution < -0.4 is 0 Å². The molecule has 0 bridgehead atoms. The fourth-order valence-electron chi connectivity index (χ4n) is 3.78. The smallest absolute Gasteiger partial charge is 0.343 e. The predicted molar refractivity (Wildman–Crippen MR) is 88.8 cm³/mol. The molecule has 0 saturated heterocycles. The minimum atomic E-state index is -0.739. The molecule has 0 atom stereocenters. The Bertz CT molecular complexity index is 721. The van der Waals surface area contributed by atoms with Gasteiger partial charge in [-0.2, -0.15) is 0 Å². The van der Waals surface area contributed by atoms with Crippen LogP contribution in [0.4, 0.5) is 0 Å². The normalized spacial score (nSPS) is 22.6. The van der Waals surface area contributed by atoms with E-state index in [9.17, 15) is 9.59 Å². The van der Waals surface area contributed by atoms with Gasteiger partial charge in [0.2, 0.25) is 0 Å². The molecule has 1 spiro atoms. The Morgan fingerprint density at radius 1 is 1.17 bits per heavy atom. The number of carbonyl (C=O) groups is 2. The summed E-state index contributed by atoms with van der Waals surface area (Å²) in [5, 5.41) is 0. The van der Waals surface area contributed by atoms with Crippen molar-refractivity contribution in [3.05, 3.63) is 41.2 Å². The highest BCUT2D eigenvalue weighted by Gasteiger charge is 2.52. The third-order valence-electron chi connectivity index (χ3n) is 5.32. The van der Waals surface area contributed by atoms with Crippen molar-refractivity contribution >= 4 is 17.5 Å². The molecule has 4 nitrogen and oxygen atoms in total. The second kappa shape index (κ2) is 5.76. The Hall–Kier alpha value is -2.10. The second-order valence-electron chi connectivity index (χ2n) is 7.16. The van der Waals surface area contributed by atoms with E-state index in [1.54, 1.807) is 0 Å². The fraction of sp³-hybridized carbons (Fsp3) is 0.500. The average Bonchev–Trinajstić information content (AvgIpc) is 3.38. The summed E-state index contributed by atoms with van der Waals surface area (Å²) in [7, 11) is 0. The van der Waals surface area contributed by atoms with Gasteiger partial charge in [0, 0.05) is 0 Å². The van der Waals surface area contributed by atoms with E-state index >= 15 is 0 Å². The number of hydrogen-bond donors (Lipinski definition) is 0. The van der Waals surface area contributed by atoms with Gasteiger partial charge in [0.1, 0.15) is 5.57 Å². The first kappa shape index (κ1) is 15.4. The lowest BCUT2D eigenvalue weighted by Crippen LogP contribution is -2.36. The van der Waals surface area contributed by atoms with Crippen molar-refractivity contribution in [2.24, 2.45) is 5.92 Å². The van der Waals surface area contributed by atoms with Gasteiger partial charge in [-0.3, -0.25) is 4.79 Å². The maximum absolute atomic E-state index is 12.7. The van der Waals surface area contributed by atoms with Gasteiger partial charge in [-0.05, 0) is 56.6 Å². The Morgan fingerprint density at radius 3 is 2.54 bits per heavy atom. The molecule has 1 aromatic rings. The third kappa shape index (κ3) is 2.54. The van der Waals surface area contributed by atoms with Crippen LogP contribution in [0, 0.1) is 12.8 Å².